The Hall–Kier alpha value is -1.39. The van der Waals surface area contributed by atoms with E-state index >= 15 is 0 Å². The highest BCUT2D eigenvalue weighted by Gasteiger charge is 2.11. The molecule has 2 nitrogen and oxygen atoms in total. The molecular weight excluding hydrogens is 259 g/mol. The van der Waals surface area contributed by atoms with Gasteiger partial charge in [0.2, 0.25) is 0 Å². The van der Waals surface area contributed by atoms with Crippen molar-refractivity contribution in [3.05, 3.63) is 54.0 Å². The smallest absolute Gasteiger partial charge is 0.123 e. The molecule has 1 unspecified atom stereocenters. The summed E-state index contributed by atoms with van der Waals surface area (Å²) in [5.74, 6) is -0.216. The zero-order valence-electron chi connectivity index (χ0n) is 11.1. The largest absolute Gasteiger partial charge is 0.310 e. The maximum atomic E-state index is 12.9. The van der Waals surface area contributed by atoms with Crippen molar-refractivity contribution in [3.63, 3.8) is 0 Å². The molecule has 0 fully saturated rings. The molecule has 0 aliphatic heterocycles. The third-order valence-electron chi connectivity index (χ3n) is 2.81. The third kappa shape index (κ3) is 3.78. The topological polar surface area (TPSA) is 24.9 Å². The molecule has 0 aliphatic rings. The van der Waals surface area contributed by atoms with E-state index in [4.69, 9.17) is 0 Å². The number of benzene rings is 1. The van der Waals surface area contributed by atoms with Gasteiger partial charge >= 0.3 is 0 Å². The first kappa shape index (κ1) is 14.0. The minimum atomic E-state index is -0.216. The SMILES string of the molecule is CCNC(C)c1cccnc1Sc1ccc(F)cc1. The number of rotatable bonds is 5. The van der Waals surface area contributed by atoms with Crippen molar-refractivity contribution in [1.29, 1.82) is 0 Å². The van der Waals surface area contributed by atoms with Crippen LogP contribution < -0.4 is 5.32 Å². The average molecular weight is 276 g/mol. The standard InChI is InChI=1S/C15H17FN2S/c1-3-17-11(2)14-5-4-10-18-15(14)19-13-8-6-12(16)7-9-13/h4-11,17H,3H2,1-2H3. The van der Waals surface area contributed by atoms with Gasteiger partial charge in [0.25, 0.3) is 0 Å². The number of halogens is 1. The summed E-state index contributed by atoms with van der Waals surface area (Å²) in [6, 6.07) is 10.8. The van der Waals surface area contributed by atoms with E-state index in [9.17, 15) is 4.39 Å². The zero-order valence-corrected chi connectivity index (χ0v) is 11.9. The molecule has 1 atom stereocenters. The van der Waals surface area contributed by atoms with Crippen LogP contribution in [0.15, 0.2) is 52.5 Å². The van der Waals surface area contributed by atoms with Gasteiger partial charge in [0.15, 0.2) is 0 Å². The van der Waals surface area contributed by atoms with E-state index in [1.54, 1.807) is 30.1 Å². The van der Waals surface area contributed by atoms with Gasteiger partial charge in [0.1, 0.15) is 10.8 Å². The van der Waals surface area contributed by atoms with Crippen LogP contribution in [-0.2, 0) is 0 Å². The van der Waals surface area contributed by atoms with Crippen LogP contribution in [0.5, 0.6) is 0 Å². The molecule has 100 valence electrons. The quantitative estimate of drug-likeness (QED) is 0.892. The number of pyridine rings is 1. The van der Waals surface area contributed by atoms with Crippen LogP contribution in [0, 0.1) is 5.82 Å². The van der Waals surface area contributed by atoms with Gasteiger partial charge < -0.3 is 5.32 Å². The van der Waals surface area contributed by atoms with Crippen LogP contribution in [-0.4, -0.2) is 11.5 Å². The third-order valence-corrected chi connectivity index (χ3v) is 3.85. The molecule has 1 aromatic heterocycles. The Kier molecular flexibility index (Phi) is 4.93. The van der Waals surface area contributed by atoms with Crippen molar-refractivity contribution in [2.24, 2.45) is 0 Å². The van der Waals surface area contributed by atoms with Gasteiger partial charge in [-0.2, -0.15) is 0 Å². The molecular formula is C15H17FN2S. The van der Waals surface area contributed by atoms with Crippen molar-refractivity contribution < 1.29 is 4.39 Å². The van der Waals surface area contributed by atoms with Crippen molar-refractivity contribution >= 4 is 11.8 Å². The number of nitrogens with one attached hydrogen (secondary N) is 1. The Morgan fingerprint density at radius 3 is 2.68 bits per heavy atom. The van der Waals surface area contributed by atoms with Crippen LogP contribution >= 0.6 is 11.8 Å². The molecule has 0 amide bonds. The molecule has 1 heterocycles. The average Bonchev–Trinajstić information content (AvgIpc) is 2.42. The number of aromatic nitrogens is 1. The second kappa shape index (κ2) is 6.68. The van der Waals surface area contributed by atoms with Gasteiger partial charge in [-0.15, -0.1) is 0 Å². The lowest BCUT2D eigenvalue weighted by atomic mass is 10.1. The first-order chi connectivity index (χ1) is 9.20. The first-order valence-corrected chi connectivity index (χ1v) is 7.14. The second-order valence-corrected chi connectivity index (χ2v) is 5.30. The fourth-order valence-corrected chi connectivity index (χ4v) is 2.82. The number of hydrogen-bond acceptors (Lipinski definition) is 3. The molecule has 0 saturated carbocycles. The highest BCUT2D eigenvalue weighted by molar-refractivity contribution is 7.99. The van der Waals surface area contributed by atoms with Crippen molar-refractivity contribution in [1.82, 2.24) is 10.3 Å². The van der Waals surface area contributed by atoms with Gasteiger partial charge in [-0.05, 0) is 43.8 Å². The van der Waals surface area contributed by atoms with Crippen molar-refractivity contribution in [3.8, 4) is 0 Å². The molecule has 2 rings (SSSR count). The van der Waals surface area contributed by atoms with Crippen LogP contribution in [0.2, 0.25) is 0 Å². The number of nitrogens with zero attached hydrogens (tertiary/aromatic N) is 1. The van der Waals surface area contributed by atoms with E-state index in [-0.39, 0.29) is 11.9 Å². The Labute approximate surface area is 117 Å². The summed E-state index contributed by atoms with van der Waals surface area (Å²) in [5, 5.41) is 4.34. The van der Waals surface area contributed by atoms with E-state index in [0.29, 0.717) is 0 Å². The zero-order chi connectivity index (χ0) is 13.7. The van der Waals surface area contributed by atoms with Gasteiger partial charge in [0, 0.05) is 22.7 Å². The summed E-state index contributed by atoms with van der Waals surface area (Å²) in [6.45, 7) is 5.12. The van der Waals surface area contributed by atoms with E-state index in [2.05, 4.69) is 30.2 Å². The van der Waals surface area contributed by atoms with Crippen LogP contribution in [0.25, 0.3) is 0 Å². The molecule has 2 aromatic rings. The van der Waals surface area contributed by atoms with Gasteiger partial charge in [-0.25, -0.2) is 9.37 Å². The van der Waals surface area contributed by atoms with Gasteiger partial charge in [-0.3, -0.25) is 0 Å². The molecule has 0 aliphatic carbocycles. The summed E-state index contributed by atoms with van der Waals surface area (Å²) < 4.78 is 12.9. The molecule has 0 radical (unpaired) electrons. The lowest BCUT2D eigenvalue weighted by Crippen LogP contribution is -2.18. The lowest BCUT2D eigenvalue weighted by Gasteiger charge is -2.15. The monoisotopic (exact) mass is 276 g/mol. The molecule has 4 heteroatoms. The fourth-order valence-electron chi connectivity index (χ4n) is 1.85. The number of hydrogen-bond donors (Lipinski definition) is 1. The summed E-state index contributed by atoms with van der Waals surface area (Å²) >= 11 is 1.56. The second-order valence-electron chi connectivity index (χ2n) is 4.23. The molecule has 1 aromatic carbocycles. The summed E-state index contributed by atoms with van der Waals surface area (Å²) in [5.41, 5.74) is 1.17. The Morgan fingerprint density at radius 2 is 2.00 bits per heavy atom. The Bertz CT molecular complexity index is 528. The van der Waals surface area contributed by atoms with Crippen molar-refractivity contribution in [2.45, 2.75) is 29.8 Å². The van der Waals surface area contributed by atoms with E-state index in [0.717, 1.165) is 16.5 Å². The molecule has 1 N–H and O–H groups in total. The van der Waals surface area contributed by atoms with E-state index in [1.165, 1.54) is 17.7 Å². The maximum Gasteiger partial charge on any atom is 0.123 e. The van der Waals surface area contributed by atoms with Gasteiger partial charge in [-0.1, -0.05) is 24.8 Å². The van der Waals surface area contributed by atoms with Gasteiger partial charge in [0.05, 0.1) is 0 Å². The summed E-state index contributed by atoms with van der Waals surface area (Å²) in [7, 11) is 0. The van der Waals surface area contributed by atoms with Crippen LogP contribution in [0.3, 0.4) is 0 Å². The summed E-state index contributed by atoms with van der Waals surface area (Å²) in [4.78, 5) is 5.42. The molecule has 19 heavy (non-hydrogen) atoms. The van der Waals surface area contributed by atoms with Crippen LogP contribution in [0.4, 0.5) is 4.39 Å². The highest BCUT2D eigenvalue weighted by Crippen LogP contribution is 2.31. The van der Waals surface area contributed by atoms with E-state index < -0.39 is 0 Å². The Balaban J connectivity index is 2.22. The maximum absolute atomic E-state index is 12.9. The molecule has 0 saturated heterocycles. The molecule has 0 bridgehead atoms. The molecule has 0 spiro atoms. The predicted octanol–water partition coefficient (Wildman–Crippen LogP) is 4.04. The predicted molar refractivity (Wildman–Crippen MR) is 76.9 cm³/mol. The van der Waals surface area contributed by atoms with Crippen molar-refractivity contribution in [2.75, 3.05) is 6.54 Å². The Morgan fingerprint density at radius 1 is 1.26 bits per heavy atom. The minimum absolute atomic E-state index is 0.216. The highest BCUT2D eigenvalue weighted by atomic mass is 32.2. The lowest BCUT2D eigenvalue weighted by molar-refractivity contribution is 0.585. The normalized spacial score (nSPS) is 12.4. The minimum Gasteiger partial charge on any atom is -0.310 e. The van der Waals surface area contributed by atoms with Crippen LogP contribution in [0.1, 0.15) is 25.5 Å². The van der Waals surface area contributed by atoms with E-state index in [1.807, 2.05) is 6.07 Å². The first-order valence-electron chi connectivity index (χ1n) is 6.32. The fraction of sp³-hybridized carbons (Fsp3) is 0.267. The summed E-state index contributed by atoms with van der Waals surface area (Å²) in [6.07, 6.45) is 1.79.